The second-order valence-corrected chi connectivity index (χ2v) is 1.60. The van der Waals surface area contributed by atoms with E-state index in [1.54, 1.807) is 0 Å². The highest BCUT2D eigenvalue weighted by molar-refractivity contribution is 8.00. The second-order valence-electron chi connectivity index (χ2n) is 0.814. The molecule has 1 N–H and O–H groups in total. The molecule has 0 atom stereocenters. The van der Waals surface area contributed by atoms with Gasteiger partial charge >= 0.3 is 0 Å². The summed E-state index contributed by atoms with van der Waals surface area (Å²) in [5.74, 6) is 0.801. The van der Waals surface area contributed by atoms with Crippen molar-refractivity contribution < 1.29 is 4.79 Å². The van der Waals surface area contributed by atoms with Crippen LogP contribution in [0.15, 0.2) is 0 Å². The summed E-state index contributed by atoms with van der Waals surface area (Å²) in [5, 5.41) is 0. The fourth-order valence-corrected chi connectivity index (χ4v) is 0.393. The summed E-state index contributed by atoms with van der Waals surface area (Å²) in [6, 6.07) is 0. The highest BCUT2D eigenvalue weighted by atomic mass is 32.2. The molecular formula is C2H3NOS. The van der Waals surface area contributed by atoms with E-state index in [1.165, 1.54) is 11.9 Å². The number of amides is 1. The summed E-state index contributed by atoms with van der Waals surface area (Å²) in [6.45, 7) is 0. The normalized spacial score (nSPS) is 20.4. The van der Waals surface area contributed by atoms with E-state index in [2.05, 4.69) is 4.72 Å². The quantitative estimate of drug-likeness (QED) is 0.415. The van der Waals surface area contributed by atoms with E-state index in [-0.39, 0.29) is 5.91 Å². The number of hydrogen-bond donors (Lipinski definition) is 1. The summed E-state index contributed by atoms with van der Waals surface area (Å²) in [5.41, 5.74) is 0. The molecule has 5 heavy (non-hydrogen) atoms. The van der Waals surface area contributed by atoms with Crippen LogP contribution < -0.4 is 4.72 Å². The van der Waals surface area contributed by atoms with Crippen molar-refractivity contribution in [2.75, 3.05) is 5.75 Å². The van der Waals surface area contributed by atoms with Gasteiger partial charge in [0.25, 0.3) is 0 Å². The van der Waals surface area contributed by atoms with E-state index in [0.717, 1.165) is 0 Å². The van der Waals surface area contributed by atoms with Gasteiger partial charge in [0.2, 0.25) is 5.91 Å². The summed E-state index contributed by atoms with van der Waals surface area (Å²) in [7, 11) is 0. The first kappa shape index (κ1) is 3.03. The molecule has 0 aromatic carbocycles. The predicted octanol–water partition coefficient (Wildman–Crippen LogP) is -0.236. The minimum atomic E-state index is 0.148. The lowest BCUT2D eigenvalue weighted by Crippen LogP contribution is -2.29. The Morgan fingerprint density at radius 1 is 2.00 bits per heavy atom. The monoisotopic (exact) mass is 89.0 g/mol. The van der Waals surface area contributed by atoms with Gasteiger partial charge in [0.1, 0.15) is 0 Å². The molecule has 3 heteroatoms. The maximum atomic E-state index is 9.77. The lowest BCUT2D eigenvalue weighted by atomic mass is 10.8. The van der Waals surface area contributed by atoms with Crippen LogP contribution in [0.25, 0.3) is 0 Å². The summed E-state index contributed by atoms with van der Waals surface area (Å²) in [4.78, 5) is 9.77. The first-order valence-corrected chi connectivity index (χ1v) is 2.29. The van der Waals surface area contributed by atoms with Crippen LogP contribution >= 0.6 is 11.9 Å². The summed E-state index contributed by atoms with van der Waals surface area (Å²) < 4.78 is 2.49. The van der Waals surface area contributed by atoms with Crippen LogP contribution in [-0.2, 0) is 4.79 Å². The summed E-state index contributed by atoms with van der Waals surface area (Å²) in [6.07, 6.45) is 0. The van der Waals surface area contributed by atoms with Crippen molar-refractivity contribution in [3.63, 3.8) is 0 Å². The zero-order valence-electron chi connectivity index (χ0n) is 2.52. The molecule has 2 nitrogen and oxygen atoms in total. The average molecular weight is 89.1 g/mol. The molecule has 0 saturated carbocycles. The molecular weight excluding hydrogens is 86.1 g/mol. The first-order valence-electron chi connectivity index (χ1n) is 1.30. The van der Waals surface area contributed by atoms with E-state index in [1.807, 2.05) is 0 Å². The second kappa shape index (κ2) is 0.897. The Morgan fingerprint density at radius 2 is 2.40 bits per heavy atom. The van der Waals surface area contributed by atoms with Crippen LogP contribution in [0.1, 0.15) is 0 Å². The fourth-order valence-electron chi connectivity index (χ4n) is 0.131. The molecule has 0 unspecified atom stereocenters. The van der Waals surface area contributed by atoms with Crippen LogP contribution in [0.3, 0.4) is 0 Å². The van der Waals surface area contributed by atoms with Crippen LogP contribution in [0.4, 0.5) is 0 Å². The van der Waals surface area contributed by atoms with Crippen LogP contribution in [-0.4, -0.2) is 11.7 Å². The highest BCUT2D eigenvalue weighted by Gasteiger charge is 2.08. The molecule has 0 spiro atoms. The smallest absolute Gasteiger partial charge is 0.241 e. The molecule has 0 aliphatic carbocycles. The van der Waals surface area contributed by atoms with E-state index in [0.29, 0.717) is 5.75 Å². The van der Waals surface area contributed by atoms with Crippen LogP contribution in [0.2, 0.25) is 0 Å². The van der Waals surface area contributed by atoms with Crippen molar-refractivity contribution in [2.45, 2.75) is 0 Å². The van der Waals surface area contributed by atoms with Crippen LogP contribution in [0.5, 0.6) is 0 Å². The summed E-state index contributed by atoms with van der Waals surface area (Å²) >= 11 is 1.45. The van der Waals surface area contributed by atoms with Crippen molar-refractivity contribution in [1.29, 1.82) is 0 Å². The van der Waals surface area contributed by atoms with Gasteiger partial charge in [-0.3, -0.25) is 9.52 Å². The van der Waals surface area contributed by atoms with Crippen molar-refractivity contribution >= 4 is 17.9 Å². The number of rotatable bonds is 0. The average Bonchev–Trinajstić information content (AvgIpc) is 1.30. The SMILES string of the molecule is O=C1CSN1. The molecule has 1 rings (SSSR count). The molecule has 1 aliphatic heterocycles. The van der Waals surface area contributed by atoms with Gasteiger partial charge < -0.3 is 0 Å². The maximum Gasteiger partial charge on any atom is 0.241 e. The number of carbonyl (C=O) groups is 1. The van der Waals surface area contributed by atoms with Gasteiger partial charge in [0, 0.05) is 0 Å². The minimum Gasteiger partial charge on any atom is -0.299 e. The van der Waals surface area contributed by atoms with E-state index in [9.17, 15) is 4.79 Å². The Kier molecular flexibility index (Phi) is 0.543. The van der Waals surface area contributed by atoms with Crippen molar-refractivity contribution in [2.24, 2.45) is 0 Å². The molecule has 1 saturated heterocycles. The molecule has 1 amide bonds. The third kappa shape index (κ3) is 0.374. The molecule has 1 aliphatic rings. The van der Waals surface area contributed by atoms with Gasteiger partial charge in [-0.05, 0) is 11.9 Å². The topological polar surface area (TPSA) is 29.1 Å². The van der Waals surface area contributed by atoms with Crippen LogP contribution in [0, 0.1) is 0 Å². The largest absolute Gasteiger partial charge is 0.299 e. The molecule has 28 valence electrons. The Labute approximate surface area is 34.1 Å². The third-order valence-electron chi connectivity index (χ3n) is 0.389. The van der Waals surface area contributed by atoms with Gasteiger partial charge in [-0.25, -0.2) is 0 Å². The third-order valence-corrected chi connectivity index (χ3v) is 1.17. The molecule has 0 aromatic rings. The Morgan fingerprint density at radius 3 is 2.40 bits per heavy atom. The van der Waals surface area contributed by atoms with Gasteiger partial charge in [-0.1, -0.05) is 0 Å². The molecule has 1 heterocycles. The Balaban J connectivity index is 2.32. The highest BCUT2D eigenvalue weighted by Crippen LogP contribution is 2.01. The fraction of sp³-hybridized carbons (Fsp3) is 0.500. The van der Waals surface area contributed by atoms with Gasteiger partial charge in [0.15, 0.2) is 0 Å². The van der Waals surface area contributed by atoms with Crippen molar-refractivity contribution in [3.8, 4) is 0 Å². The Bertz CT molecular complexity index is 56.7. The molecule has 0 bridgehead atoms. The molecule has 0 aromatic heterocycles. The van der Waals surface area contributed by atoms with Gasteiger partial charge in [0.05, 0.1) is 5.75 Å². The lowest BCUT2D eigenvalue weighted by molar-refractivity contribution is -0.117. The van der Waals surface area contributed by atoms with Gasteiger partial charge in [-0.2, -0.15) is 0 Å². The van der Waals surface area contributed by atoms with E-state index >= 15 is 0 Å². The van der Waals surface area contributed by atoms with Crippen molar-refractivity contribution in [1.82, 2.24) is 4.72 Å². The van der Waals surface area contributed by atoms with E-state index < -0.39 is 0 Å². The zero-order chi connectivity index (χ0) is 3.70. The maximum absolute atomic E-state index is 9.77. The minimum absolute atomic E-state index is 0.148. The standard InChI is InChI=1S/C2H3NOS/c4-2-1-5-3-2/h1H2,(H,3,4). The van der Waals surface area contributed by atoms with Crippen molar-refractivity contribution in [3.05, 3.63) is 0 Å². The van der Waals surface area contributed by atoms with E-state index in [4.69, 9.17) is 0 Å². The zero-order valence-corrected chi connectivity index (χ0v) is 3.34. The number of hydrogen-bond acceptors (Lipinski definition) is 2. The first-order chi connectivity index (χ1) is 2.39. The Hall–Kier alpha value is -0.180. The number of carbonyl (C=O) groups excluding carboxylic acids is 1. The number of nitrogens with one attached hydrogen (secondary N) is 1. The lowest BCUT2D eigenvalue weighted by Gasteiger charge is -2.08. The predicted molar refractivity (Wildman–Crippen MR) is 20.6 cm³/mol. The molecule has 1 fully saturated rings. The van der Waals surface area contributed by atoms with Gasteiger partial charge in [-0.15, -0.1) is 0 Å². The molecule has 0 radical (unpaired) electrons.